The number of rotatable bonds is 10. The summed E-state index contributed by atoms with van der Waals surface area (Å²) < 4.78 is 37.0. The lowest BCUT2D eigenvalue weighted by atomic mass is 10.2. The van der Waals surface area contributed by atoms with Gasteiger partial charge >= 0.3 is 16.9 Å². The number of hydrogen-bond acceptors (Lipinski definition) is 6. The minimum absolute atomic E-state index is 0.0255. The lowest BCUT2D eigenvalue weighted by molar-refractivity contribution is -0.387. The molecule has 0 aliphatic carbocycles. The van der Waals surface area contributed by atoms with Crippen molar-refractivity contribution in [3.05, 3.63) is 156 Å². The van der Waals surface area contributed by atoms with Gasteiger partial charge in [0.25, 0.3) is 0 Å². The first kappa shape index (κ1) is 28.9. The van der Waals surface area contributed by atoms with Crippen LogP contribution in [0.4, 0.5) is 14.5 Å². The Hall–Kier alpha value is -5.65. The second-order valence-electron chi connectivity index (χ2n) is 9.59. The maximum absolute atomic E-state index is 14.5. The first-order valence-corrected chi connectivity index (χ1v) is 13.1. The number of halogens is 2. The summed E-state index contributed by atoms with van der Waals surface area (Å²) in [6, 6.07) is 18.5. The molecule has 3 aromatic carbocycles. The number of hydrogen-bond donors (Lipinski definition) is 0. The second-order valence-corrected chi connectivity index (χ2v) is 9.59. The summed E-state index contributed by atoms with van der Waals surface area (Å²) >= 11 is 0. The Labute approximate surface area is 243 Å². The smallest absolute Gasteiger partial charge is 0.357 e. The van der Waals surface area contributed by atoms with Crippen molar-refractivity contribution in [3.63, 3.8) is 0 Å². The van der Waals surface area contributed by atoms with E-state index in [9.17, 15) is 28.5 Å². The van der Waals surface area contributed by atoms with E-state index < -0.39 is 34.2 Å². The predicted octanol–water partition coefficient (Wildman–Crippen LogP) is 4.72. The molecule has 0 N–H and O–H groups in total. The Morgan fingerprint density at radius 2 is 1.49 bits per heavy atom. The van der Waals surface area contributed by atoms with Gasteiger partial charge in [-0.2, -0.15) is 5.10 Å². The van der Waals surface area contributed by atoms with Gasteiger partial charge in [0.05, 0.1) is 37.9 Å². The third-order valence-corrected chi connectivity index (χ3v) is 6.79. The highest BCUT2D eigenvalue weighted by molar-refractivity contribution is 5.71. The molecule has 0 radical (unpaired) electrons. The fourth-order valence-corrected chi connectivity index (χ4v) is 4.57. The molecule has 2 heterocycles. The van der Waals surface area contributed by atoms with E-state index in [1.165, 1.54) is 60.5 Å². The standard InChI is InChI=1S/C31H25F2N5O5/c1-43-25-13-10-21(11-14-25)18-36-28(15-12-22-16-34-35(17-22)19-23-6-2-4-8-26(23)32)29(38(41)42)30(39)37(31(36)40)20-24-7-3-5-9-27(24)33/h2-17H,18-20H2,1H3/b15-12+. The third kappa shape index (κ3) is 6.32. The van der Waals surface area contributed by atoms with Crippen molar-refractivity contribution in [2.45, 2.75) is 19.6 Å². The van der Waals surface area contributed by atoms with Crippen molar-refractivity contribution < 1.29 is 18.4 Å². The Balaban J connectivity index is 1.60. The van der Waals surface area contributed by atoms with E-state index in [0.29, 0.717) is 27.0 Å². The van der Waals surface area contributed by atoms with Gasteiger partial charge in [-0.1, -0.05) is 48.5 Å². The fraction of sp³-hybridized carbons (Fsp3) is 0.129. The van der Waals surface area contributed by atoms with E-state index in [0.717, 1.165) is 4.57 Å². The molecule has 0 atom stereocenters. The van der Waals surface area contributed by atoms with Crippen LogP contribution in [0.15, 0.2) is 94.8 Å². The van der Waals surface area contributed by atoms with Crippen molar-refractivity contribution in [2.75, 3.05) is 7.11 Å². The summed E-state index contributed by atoms with van der Waals surface area (Å²) in [6.07, 6.45) is 5.83. The van der Waals surface area contributed by atoms with Crippen molar-refractivity contribution in [3.8, 4) is 5.75 Å². The molecule has 0 amide bonds. The Bertz CT molecular complexity index is 1940. The third-order valence-electron chi connectivity index (χ3n) is 6.79. The van der Waals surface area contributed by atoms with Gasteiger partial charge in [0.15, 0.2) is 0 Å². The monoisotopic (exact) mass is 585 g/mol. The average molecular weight is 586 g/mol. The number of ether oxygens (including phenoxy) is 1. The van der Waals surface area contributed by atoms with Crippen LogP contribution in [0.1, 0.15) is 27.9 Å². The largest absolute Gasteiger partial charge is 0.497 e. The van der Waals surface area contributed by atoms with Gasteiger partial charge in [0.1, 0.15) is 23.1 Å². The van der Waals surface area contributed by atoms with Gasteiger partial charge in [-0.3, -0.25) is 24.2 Å². The summed E-state index contributed by atoms with van der Waals surface area (Å²) in [5.74, 6) is -0.474. The summed E-state index contributed by atoms with van der Waals surface area (Å²) in [5.41, 5.74) is -1.59. The van der Waals surface area contributed by atoms with Crippen LogP contribution >= 0.6 is 0 Å². The topological polar surface area (TPSA) is 114 Å². The molecule has 0 fully saturated rings. The molecule has 5 rings (SSSR count). The normalized spacial score (nSPS) is 11.2. The number of nitrogens with zero attached hydrogens (tertiary/aromatic N) is 5. The van der Waals surface area contributed by atoms with Crippen LogP contribution in [0.25, 0.3) is 12.2 Å². The second kappa shape index (κ2) is 12.5. The highest BCUT2D eigenvalue weighted by Crippen LogP contribution is 2.20. The molecular weight excluding hydrogens is 560 g/mol. The molecule has 5 aromatic rings. The Morgan fingerprint density at radius 3 is 2.09 bits per heavy atom. The van der Waals surface area contributed by atoms with Gasteiger partial charge in [-0.15, -0.1) is 0 Å². The van der Waals surface area contributed by atoms with Crippen molar-refractivity contribution in [2.24, 2.45) is 0 Å². The molecule has 0 aliphatic rings. The van der Waals surface area contributed by atoms with E-state index in [1.54, 1.807) is 48.7 Å². The highest BCUT2D eigenvalue weighted by Gasteiger charge is 2.27. The maximum atomic E-state index is 14.5. The predicted molar refractivity (Wildman–Crippen MR) is 156 cm³/mol. The molecule has 0 spiro atoms. The molecule has 0 unspecified atom stereocenters. The summed E-state index contributed by atoms with van der Waals surface area (Å²) in [5, 5.41) is 16.5. The molecule has 12 heteroatoms. The Kier molecular flexibility index (Phi) is 8.37. The highest BCUT2D eigenvalue weighted by atomic mass is 19.1. The van der Waals surface area contributed by atoms with Gasteiger partial charge in [0, 0.05) is 22.9 Å². The van der Waals surface area contributed by atoms with Crippen molar-refractivity contribution in [1.82, 2.24) is 18.9 Å². The van der Waals surface area contributed by atoms with Gasteiger partial charge in [-0.05, 0) is 42.0 Å². The number of nitro groups is 1. The minimum atomic E-state index is -1.17. The van der Waals surface area contributed by atoms with Crippen LogP contribution in [-0.4, -0.2) is 30.9 Å². The number of methoxy groups -OCH3 is 1. The summed E-state index contributed by atoms with van der Waals surface area (Å²) in [4.78, 5) is 38.5. The molecule has 0 aliphatic heterocycles. The van der Waals surface area contributed by atoms with E-state index >= 15 is 0 Å². The molecule has 0 saturated heterocycles. The van der Waals surface area contributed by atoms with Crippen molar-refractivity contribution >= 4 is 17.8 Å². The van der Waals surface area contributed by atoms with E-state index in [2.05, 4.69) is 5.10 Å². The van der Waals surface area contributed by atoms with Gasteiger partial charge < -0.3 is 4.74 Å². The van der Waals surface area contributed by atoms with Crippen LogP contribution in [0.3, 0.4) is 0 Å². The van der Waals surface area contributed by atoms with Crippen molar-refractivity contribution in [1.29, 1.82) is 0 Å². The van der Waals surface area contributed by atoms with Crippen LogP contribution in [0, 0.1) is 21.7 Å². The zero-order chi connectivity index (χ0) is 30.5. The van der Waals surface area contributed by atoms with Crippen LogP contribution < -0.4 is 16.0 Å². The quantitative estimate of drug-likeness (QED) is 0.173. The number of benzene rings is 3. The van der Waals surface area contributed by atoms with Gasteiger partial charge in [-0.25, -0.2) is 18.1 Å². The summed E-state index contributed by atoms with van der Waals surface area (Å²) in [7, 11) is 1.50. The molecular formula is C31H25F2N5O5. The van der Waals surface area contributed by atoms with Crippen LogP contribution in [-0.2, 0) is 19.6 Å². The van der Waals surface area contributed by atoms with Crippen LogP contribution in [0.2, 0.25) is 0 Å². The Morgan fingerprint density at radius 1 is 0.860 bits per heavy atom. The molecule has 0 saturated carbocycles. The zero-order valence-electron chi connectivity index (χ0n) is 22.9. The summed E-state index contributed by atoms with van der Waals surface area (Å²) in [6.45, 7) is -0.483. The SMILES string of the molecule is COc1ccc(Cn2c(/C=C/c3cnn(Cc4ccccc4F)c3)c([N+](=O)[O-])c(=O)n(Cc3ccccc3F)c2=O)cc1. The van der Waals surface area contributed by atoms with E-state index in [1.807, 2.05) is 0 Å². The first-order valence-electron chi connectivity index (χ1n) is 13.1. The zero-order valence-corrected chi connectivity index (χ0v) is 22.9. The molecule has 10 nitrogen and oxygen atoms in total. The van der Waals surface area contributed by atoms with E-state index in [-0.39, 0.29) is 30.2 Å². The lowest BCUT2D eigenvalue weighted by Crippen LogP contribution is -2.42. The lowest BCUT2D eigenvalue weighted by Gasteiger charge is -2.15. The minimum Gasteiger partial charge on any atom is -0.497 e. The fourth-order valence-electron chi connectivity index (χ4n) is 4.57. The van der Waals surface area contributed by atoms with Gasteiger partial charge in [0.2, 0.25) is 0 Å². The average Bonchev–Trinajstić information content (AvgIpc) is 3.45. The van der Waals surface area contributed by atoms with E-state index in [4.69, 9.17) is 4.74 Å². The maximum Gasteiger partial charge on any atom is 0.357 e. The number of aromatic nitrogens is 4. The first-order chi connectivity index (χ1) is 20.7. The molecule has 218 valence electrons. The van der Waals surface area contributed by atoms with Crippen LogP contribution in [0.5, 0.6) is 5.75 Å². The molecule has 2 aromatic heterocycles. The molecule has 0 bridgehead atoms. The molecule has 43 heavy (non-hydrogen) atoms.